The van der Waals surface area contributed by atoms with Crippen LogP contribution in [-0.2, 0) is 19.6 Å². The highest BCUT2D eigenvalue weighted by Crippen LogP contribution is 2.30. The summed E-state index contributed by atoms with van der Waals surface area (Å²) in [6.45, 7) is 5.64. The first-order valence-electron chi connectivity index (χ1n) is 7.35. The maximum atomic E-state index is 12.8. The molecule has 7 nitrogen and oxygen atoms in total. The molecule has 0 radical (unpaired) electrons. The first-order valence-corrected chi connectivity index (χ1v) is 8.79. The van der Waals surface area contributed by atoms with Crippen LogP contribution in [-0.4, -0.2) is 51.0 Å². The summed E-state index contributed by atoms with van der Waals surface area (Å²) < 4.78 is 37.8. The Labute approximate surface area is 136 Å². The number of sulfonamides is 1. The van der Waals surface area contributed by atoms with Crippen molar-refractivity contribution in [2.45, 2.75) is 37.9 Å². The van der Waals surface area contributed by atoms with Gasteiger partial charge in [-0.2, -0.15) is 4.31 Å². The maximum Gasteiger partial charge on any atom is 0.243 e. The van der Waals surface area contributed by atoms with Gasteiger partial charge in [0.05, 0.1) is 29.9 Å². The van der Waals surface area contributed by atoms with Gasteiger partial charge in [-0.05, 0) is 32.0 Å². The predicted molar refractivity (Wildman–Crippen MR) is 86.1 cm³/mol. The summed E-state index contributed by atoms with van der Waals surface area (Å²) in [6.07, 6.45) is -0.330. The molecule has 2 atom stereocenters. The van der Waals surface area contributed by atoms with Crippen LogP contribution in [0.2, 0.25) is 0 Å². The van der Waals surface area contributed by atoms with Crippen LogP contribution in [0.25, 0.3) is 0 Å². The second-order valence-corrected chi connectivity index (χ2v) is 7.56. The molecule has 0 spiro atoms. The minimum Gasteiger partial charge on any atom is -0.495 e. The molecule has 1 saturated heterocycles. The number of morpholine rings is 1. The number of ether oxygens (including phenoxy) is 2. The van der Waals surface area contributed by atoms with Gasteiger partial charge < -0.3 is 14.8 Å². The van der Waals surface area contributed by atoms with Crippen LogP contribution < -0.4 is 10.1 Å². The van der Waals surface area contributed by atoms with Crippen molar-refractivity contribution in [1.29, 1.82) is 0 Å². The Morgan fingerprint density at radius 3 is 2.43 bits per heavy atom. The number of hydrogen-bond acceptors (Lipinski definition) is 5. The van der Waals surface area contributed by atoms with Crippen LogP contribution in [0.15, 0.2) is 23.1 Å². The summed E-state index contributed by atoms with van der Waals surface area (Å²) >= 11 is 0. The average molecular weight is 342 g/mol. The third-order valence-corrected chi connectivity index (χ3v) is 5.33. The molecular formula is C15H22N2O5S. The summed E-state index contributed by atoms with van der Waals surface area (Å²) in [5, 5.41) is 2.59. The molecule has 23 heavy (non-hydrogen) atoms. The summed E-state index contributed by atoms with van der Waals surface area (Å²) in [7, 11) is -2.21. The minimum atomic E-state index is -3.66. The van der Waals surface area contributed by atoms with Crippen LogP contribution in [0.5, 0.6) is 5.75 Å². The van der Waals surface area contributed by atoms with Crippen LogP contribution in [0, 0.1) is 0 Å². The number of anilines is 1. The van der Waals surface area contributed by atoms with Crippen molar-refractivity contribution >= 4 is 21.6 Å². The van der Waals surface area contributed by atoms with E-state index in [1.165, 1.54) is 36.5 Å². The van der Waals surface area contributed by atoms with Gasteiger partial charge >= 0.3 is 0 Å². The summed E-state index contributed by atoms with van der Waals surface area (Å²) in [5.41, 5.74) is 0.329. The fourth-order valence-corrected chi connectivity index (χ4v) is 4.23. The zero-order valence-corrected chi connectivity index (χ0v) is 14.5. The molecule has 0 unspecified atom stereocenters. The van der Waals surface area contributed by atoms with Gasteiger partial charge in [0, 0.05) is 20.0 Å². The molecule has 1 aliphatic rings. The second-order valence-electron chi connectivity index (χ2n) is 5.62. The molecule has 1 heterocycles. The van der Waals surface area contributed by atoms with E-state index in [1.807, 2.05) is 13.8 Å². The molecule has 1 N–H and O–H groups in total. The smallest absolute Gasteiger partial charge is 0.243 e. The Balaban J connectivity index is 2.37. The zero-order chi connectivity index (χ0) is 17.2. The van der Waals surface area contributed by atoms with Gasteiger partial charge in [0.1, 0.15) is 5.75 Å². The number of methoxy groups -OCH3 is 1. The van der Waals surface area contributed by atoms with E-state index in [-0.39, 0.29) is 23.0 Å². The Hall–Kier alpha value is -1.64. The number of benzene rings is 1. The van der Waals surface area contributed by atoms with E-state index in [0.717, 1.165) is 0 Å². The highest BCUT2D eigenvalue weighted by Gasteiger charge is 2.32. The molecule has 128 valence electrons. The van der Waals surface area contributed by atoms with Crippen LogP contribution in [0.3, 0.4) is 0 Å². The van der Waals surface area contributed by atoms with E-state index in [9.17, 15) is 13.2 Å². The maximum absolute atomic E-state index is 12.8. The molecule has 1 aromatic carbocycles. The second kappa shape index (κ2) is 6.86. The molecule has 0 aromatic heterocycles. The van der Waals surface area contributed by atoms with E-state index in [1.54, 1.807) is 0 Å². The van der Waals surface area contributed by atoms with Gasteiger partial charge in [0.25, 0.3) is 0 Å². The lowest BCUT2D eigenvalue weighted by atomic mass is 10.3. The van der Waals surface area contributed by atoms with Crippen molar-refractivity contribution in [2.24, 2.45) is 0 Å². The normalized spacial score (nSPS) is 22.6. The minimum absolute atomic E-state index is 0.114. The Kier molecular flexibility index (Phi) is 5.28. The molecule has 2 rings (SSSR count). The molecule has 1 aromatic rings. The van der Waals surface area contributed by atoms with Gasteiger partial charge in [-0.25, -0.2) is 8.42 Å². The van der Waals surface area contributed by atoms with E-state index in [4.69, 9.17) is 9.47 Å². The quantitative estimate of drug-likeness (QED) is 0.895. The lowest BCUT2D eigenvalue weighted by molar-refractivity contribution is -0.114. The Bertz CT molecular complexity index is 679. The summed E-state index contributed by atoms with van der Waals surface area (Å²) in [4.78, 5) is 11.4. The van der Waals surface area contributed by atoms with Crippen molar-refractivity contribution in [1.82, 2.24) is 4.31 Å². The number of nitrogens with one attached hydrogen (secondary N) is 1. The molecule has 8 heteroatoms. The largest absolute Gasteiger partial charge is 0.495 e. The number of carbonyl (C=O) groups is 1. The average Bonchev–Trinajstić information content (AvgIpc) is 2.45. The number of carbonyl (C=O) groups excluding carboxylic acids is 1. The van der Waals surface area contributed by atoms with Gasteiger partial charge in [0.15, 0.2) is 0 Å². The van der Waals surface area contributed by atoms with Gasteiger partial charge in [-0.15, -0.1) is 0 Å². The first-order chi connectivity index (χ1) is 10.7. The van der Waals surface area contributed by atoms with E-state index in [0.29, 0.717) is 24.5 Å². The molecule has 0 aliphatic carbocycles. The molecule has 0 bridgehead atoms. The van der Waals surface area contributed by atoms with Gasteiger partial charge in [0.2, 0.25) is 15.9 Å². The number of nitrogens with zero attached hydrogens (tertiary/aromatic N) is 1. The van der Waals surface area contributed by atoms with Crippen LogP contribution >= 0.6 is 0 Å². The fourth-order valence-electron chi connectivity index (χ4n) is 2.61. The van der Waals surface area contributed by atoms with E-state index >= 15 is 0 Å². The lowest BCUT2D eigenvalue weighted by Gasteiger charge is -2.34. The Morgan fingerprint density at radius 2 is 1.91 bits per heavy atom. The number of rotatable bonds is 4. The number of amides is 1. The standard InChI is InChI=1S/C15H22N2O5S/c1-10-8-17(9-11(2)22-10)23(19,20)13-5-6-15(21-4)14(7-13)16-12(3)18/h5-7,10-11H,8-9H2,1-4H3,(H,16,18)/t10-,11-/m0/s1. The first kappa shape index (κ1) is 17.7. The highest BCUT2D eigenvalue weighted by atomic mass is 32.2. The van der Waals surface area contributed by atoms with Crippen molar-refractivity contribution in [3.05, 3.63) is 18.2 Å². The number of hydrogen-bond donors (Lipinski definition) is 1. The van der Waals surface area contributed by atoms with Gasteiger partial charge in [-0.3, -0.25) is 4.79 Å². The third kappa shape index (κ3) is 4.01. The molecule has 1 aliphatic heterocycles. The SMILES string of the molecule is COc1ccc(S(=O)(=O)N2C[C@H](C)O[C@@H](C)C2)cc1NC(C)=O. The van der Waals surface area contributed by atoms with Crippen molar-refractivity contribution < 1.29 is 22.7 Å². The third-order valence-electron chi connectivity index (χ3n) is 3.51. The van der Waals surface area contributed by atoms with E-state index < -0.39 is 10.0 Å². The monoisotopic (exact) mass is 342 g/mol. The van der Waals surface area contributed by atoms with E-state index in [2.05, 4.69) is 5.32 Å². The van der Waals surface area contributed by atoms with Crippen LogP contribution in [0.4, 0.5) is 5.69 Å². The Morgan fingerprint density at radius 1 is 1.30 bits per heavy atom. The van der Waals surface area contributed by atoms with Crippen molar-refractivity contribution in [3.8, 4) is 5.75 Å². The van der Waals surface area contributed by atoms with Crippen LogP contribution in [0.1, 0.15) is 20.8 Å². The topological polar surface area (TPSA) is 84.9 Å². The summed E-state index contributed by atoms with van der Waals surface area (Å²) in [6, 6.07) is 4.43. The fraction of sp³-hybridized carbons (Fsp3) is 0.533. The summed E-state index contributed by atoms with van der Waals surface area (Å²) in [5.74, 6) is 0.106. The molecule has 1 amide bonds. The zero-order valence-electron chi connectivity index (χ0n) is 13.7. The molecule has 1 fully saturated rings. The highest BCUT2D eigenvalue weighted by molar-refractivity contribution is 7.89. The molecular weight excluding hydrogens is 320 g/mol. The van der Waals surface area contributed by atoms with Crippen molar-refractivity contribution in [3.63, 3.8) is 0 Å². The predicted octanol–water partition coefficient (Wildman–Crippen LogP) is 1.45. The molecule has 0 saturated carbocycles. The lowest BCUT2D eigenvalue weighted by Crippen LogP contribution is -2.48. The van der Waals surface area contributed by atoms with Crippen molar-refractivity contribution in [2.75, 3.05) is 25.5 Å². The van der Waals surface area contributed by atoms with Gasteiger partial charge in [-0.1, -0.05) is 0 Å².